The van der Waals surface area contributed by atoms with Crippen molar-refractivity contribution in [3.63, 3.8) is 0 Å². The van der Waals surface area contributed by atoms with Crippen LogP contribution in [-0.4, -0.2) is 20.5 Å². The second-order valence-corrected chi connectivity index (χ2v) is 4.22. The van der Waals surface area contributed by atoms with Gasteiger partial charge in [-0.25, -0.2) is 0 Å². The van der Waals surface area contributed by atoms with Gasteiger partial charge in [-0.3, -0.25) is 0 Å². The summed E-state index contributed by atoms with van der Waals surface area (Å²) >= 11 is 1.73. The van der Waals surface area contributed by atoms with E-state index in [2.05, 4.69) is 35.5 Å². The second-order valence-electron chi connectivity index (χ2n) is 2.99. The first-order chi connectivity index (χ1) is 5.66. The number of thioether (sulfide) groups is 1. The minimum absolute atomic E-state index is 0.453. The van der Waals surface area contributed by atoms with Crippen LogP contribution in [0.3, 0.4) is 0 Å². The van der Waals surface area contributed by atoms with E-state index in [1.165, 1.54) is 0 Å². The molecule has 0 saturated carbocycles. The van der Waals surface area contributed by atoms with Crippen LogP contribution in [0, 0.1) is 0 Å². The van der Waals surface area contributed by atoms with E-state index in [0.717, 1.165) is 16.7 Å². The van der Waals surface area contributed by atoms with Crippen molar-refractivity contribution in [2.45, 2.75) is 31.8 Å². The van der Waals surface area contributed by atoms with Gasteiger partial charge < -0.3 is 4.57 Å². The summed E-state index contributed by atoms with van der Waals surface area (Å²) in [5.74, 6) is 2.56. The zero-order valence-electron chi connectivity index (χ0n) is 8.03. The normalized spacial score (nSPS) is 11.1. The maximum absolute atomic E-state index is 4.13. The van der Waals surface area contributed by atoms with Crippen molar-refractivity contribution in [1.82, 2.24) is 14.8 Å². The summed E-state index contributed by atoms with van der Waals surface area (Å²) in [6, 6.07) is 0. The van der Waals surface area contributed by atoms with Gasteiger partial charge in [-0.05, 0) is 5.75 Å². The average Bonchev–Trinajstić information content (AvgIpc) is 2.34. The first-order valence-electron chi connectivity index (χ1n) is 4.18. The van der Waals surface area contributed by atoms with E-state index in [-0.39, 0.29) is 0 Å². The molecule has 68 valence electrons. The Morgan fingerprint density at radius 1 is 1.42 bits per heavy atom. The fourth-order valence-corrected chi connectivity index (χ4v) is 1.73. The molecule has 0 aliphatic carbocycles. The largest absolute Gasteiger partial charge is 0.309 e. The van der Waals surface area contributed by atoms with Gasteiger partial charge in [-0.1, -0.05) is 32.5 Å². The topological polar surface area (TPSA) is 30.7 Å². The van der Waals surface area contributed by atoms with Crippen molar-refractivity contribution in [1.29, 1.82) is 0 Å². The van der Waals surface area contributed by atoms with Gasteiger partial charge in [0.2, 0.25) is 0 Å². The highest BCUT2D eigenvalue weighted by Gasteiger charge is 2.10. The fourth-order valence-electron chi connectivity index (χ4n) is 1.08. The standard InChI is InChI=1S/C8H15N3S/c1-5-12-8-10-9-7(6(2)3)11(8)4/h6H,5H2,1-4H3. The van der Waals surface area contributed by atoms with E-state index in [9.17, 15) is 0 Å². The van der Waals surface area contributed by atoms with Crippen LogP contribution < -0.4 is 0 Å². The Balaban J connectivity index is 2.88. The van der Waals surface area contributed by atoms with E-state index in [0.29, 0.717) is 5.92 Å². The molecule has 1 aromatic heterocycles. The molecule has 0 amide bonds. The van der Waals surface area contributed by atoms with Gasteiger partial charge in [0.25, 0.3) is 0 Å². The number of nitrogens with zero attached hydrogens (tertiary/aromatic N) is 3. The van der Waals surface area contributed by atoms with Crippen LogP contribution in [-0.2, 0) is 7.05 Å². The fraction of sp³-hybridized carbons (Fsp3) is 0.750. The zero-order valence-corrected chi connectivity index (χ0v) is 8.85. The van der Waals surface area contributed by atoms with Crippen LogP contribution in [0.25, 0.3) is 0 Å². The van der Waals surface area contributed by atoms with E-state index >= 15 is 0 Å². The van der Waals surface area contributed by atoms with Crippen LogP contribution >= 0.6 is 11.8 Å². The van der Waals surface area contributed by atoms with Gasteiger partial charge in [-0.15, -0.1) is 10.2 Å². The maximum atomic E-state index is 4.13. The summed E-state index contributed by atoms with van der Waals surface area (Å²) < 4.78 is 2.07. The molecule has 0 atom stereocenters. The maximum Gasteiger partial charge on any atom is 0.190 e. The Morgan fingerprint density at radius 2 is 2.08 bits per heavy atom. The third-order valence-electron chi connectivity index (χ3n) is 1.66. The first kappa shape index (κ1) is 9.58. The van der Waals surface area contributed by atoms with Crippen molar-refractivity contribution >= 4 is 11.8 Å². The highest BCUT2D eigenvalue weighted by Crippen LogP contribution is 2.18. The lowest BCUT2D eigenvalue weighted by Crippen LogP contribution is -2.00. The molecule has 0 saturated heterocycles. The Kier molecular flexibility index (Phi) is 3.14. The molecule has 1 aromatic rings. The highest BCUT2D eigenvalue weighted by molar-refractivity contribution is 7.99. The summed E-state index contributed by atoms with van der Waals surface area (Å²) in [6.45, 7) is 6.38. The lowest BCUT2D eigenvalue weighted by Gasteiger charge is -2.04. The minimum atomic E-state index is 0.453. The molecule has 0 aliphatic rings. The molecule has 0 aromatic carbocycles. The third kappa shape index (κ3) is 1.80. The summed E-state index contributed by atoms with van der Waals surface area (Å²) in [6.07, 6.45) is 0. The van der Waals surface area contributed by atoms with Crippen molar-refractivity contribution in [3.05, 3.63) is 5.82 Å². The Bertz CT molecular complexity index is 255. The van der Waals surface area contributed by atoms with Gasteiger partial charge in [-0.2, -0.15) is 0 Å². The molecule has 0 aliphatic heterocycles. The molecule has 3 nitrogen and oxygen atoms in total. The van der Waals surface area contributed by atoms with E-state index in [4.69, 9.17) is 0 Å². The molecule has 0 spiro atoms. The molecule has 12 heavy (non-hydrogen) atoms. The van der Waals surface area contributed by atoms with Gasteiger partial charge in [0, 0.05) is 13.0 Å². The summed E-state index contributed by atoms with van der Waals surface area (Å²) in [5, 5.41) is 9.24. The quantitative estimate of drug-likeness (QED) is 0.675. The lowest BCUT2D eigenvalue weighted by atomic mass is 10.2. The van der Waals surface area contributed by atoms with Gasteiger partial charge in [0.05, 0.1) is 0 Å². The molecule has 0 fully saturated rings. The molecular formula is C8H15N3S. The molecular weight excluding hydrogens is 170 g/mol. The minimum Gasteiger partial charge on any atom is -0.309 e. The monoisotopic (exact) mass is 185 g/mol. The van der Waals surface area contributed by atoms with Crippen LogP contribution in [0.15, 0.2) is 5.16 Å². The van der Waals surface area contributed by atoms with Crippen LogP contribution in [0.5, 0.6) is 0 Å². The molecule has 0 N–H and O–H groups in total. The van der Waals surface area contributed by atoms with Gasteiger partial charge in [0.1, 0.15) is 5.82 Å². The Hall–Kier alpha value is -0.510. The molecule has 4 heteroatoms. The third-order valence-corrected chi connectivity index (χ3v) is 2.56. The summed E-state index contributed by atoms with van der Waals surface area (Å²) in [7, 11) is 2.02. The van der Waals surface area contributed by atoms with Crippen molar-refractivity contribution in [3.8, 4) is 0 Å². The Morgan fingerprint density at radius 3 is 2.50 bits per heavy atom. The highest BCUT2D eigenvalue weighted by atomic mass is 32.2. The predicted molar refractivity (Wildman–Crippen MR) is 51.5 cm³/mol. The lowest BCUT2D eigenvalue weighted by molar-refractivity contribution is 0.680. The van der Waals surface area contributed by atoms with Gasteiger partial charge in [0.15, 0.2) is 5.16 Å². The van der Waals surface area contributed by atoms with Crippen LogP contribution in [0.2, 0.25) is 0 Å². The molecule has 1 rings (SSSR count). The second kappa shape index (κ2) is 3.94. The molecule has 0 unspecified atom stereocenters. The van der Waals surface area contributed by atoms with Crippen molar-refractivity contribution in [2.75, 3.05) is 5.75 Å². The summed E-state index contributed by atoms with van der Waals surface area (Å²) in [4.78, 5) is 0. The molecule has 0 radical (unpaired) electrons. The number of hydrogen-bond acceptors (Lipinski definition) is 3. The van der Waals surface area contributed by atoms with Crippen molar-refractivity contribution < 1.29 is 0 Å². The van der Waals surface area contributed by atoms with Crippen molar-refractivity contribution in [2.24, 2.45) is 7.05 Å². The number of rotatable bonds is 3. The van der Waals surface area contributed by atoms with E-state index < -0.39 is 0 Å². The summed E-state index contributed by atoms with van der Waals surface area (Å²) in [5.41, 5.74) is 0. The SMILES string of the molecule is CCSc1nnc(C(C)C)n1C. The zero-order chi connectivity index (χ0) is 9.14. The van der Waals surface area contributed by atoms with E-state index in [1.54, 1.807) is 11.8 Å². The molecule has 1 heterocycles. The van der Waals surface area contributed by atoms with Crippen LogP contribution in [0.1, 0.15) is 32.5 Å². The smallest absolute Gasteiger partial charge is 0.190 e. The molecule has 0 bridgehead atoms. The average molecular weight is 185 g/mol. The van der Waals surface area contributed by atoms with E-state index in [1.807, 2.05) is 7.05 Å². The first-order valence-corrected chi connectivity index (χ1v) is 5.17. The van der Waals surface area contributed by atoms with Gasteiger partial charge >= 0.3 is 0 Å². The predicted octanol–water partition coefficient (Wildman–Crippen LogP) is 2.05. The Labute approximate surface area is 77.6 Å². The number of hydrogen-bond donors (Lipinski definition) is 0. The number of aromatic nitrogens is 3. The van der Waals surface area contributed by atoms with Crippen LogP contribution in [0.4, 0.5) is 0 Å².